The molecule has 0 spiro atoms. The van der Waals surface area contributed by atoms with Crippen molar-refractivity contribution in [2.24, 2.45) is 0 Å². The van der Waals surface area contributed by atoms with Gasteiger partial charge in [0.05, 0.1) is 10.5 Å². The van der Waals surface area contributed by atoms with Gasteiger partial charge in [-0.3, -0.25) is 0 Å². The quantitative estimate of drug-likeness (QED) is 0.862. The maximum atomic E-state index is 11.8. The van der Waals surface area contributed by atoms with Gasteiger partial charge >= 0.3 is 0 Å². The Labute approximate surface area is 107 Å². The number of nitrogens with one attached hydrogen (secondary N) is 1. The largest absolute Gasteiger partial charge is 0.389 e. The Morgan fingerprint density at radius 2 is 1.88 bits per heavy atom. The summed E-state index contributed by atoms with van der Waals surface area (Å²) in [5.74, 6) is 0. The zero-order valence-corrected chi connectivity index (χ0v) is 11.3. The van der Waals surface area contributed by atoms with Gasteiger partial charge in [0.15, 0.2) is 0 Å². The highest BCUT2D eigenvalue weighted by atomic mass is 35.5. The molecule has 0 fully saturated rings. The zero-order valence-electron chi connectivity index (χ0n) is 9.77. The molecule has 0 saturated heterocycles. The summed E-state index contributed by atoms with van der Waals surface area (Å²) in [6, 6.07) is 5.86. The summed E-state index contributed by atoms with van der Waals surface area (Å²) in [5.41, 5.74) is -1.04. The molecule has 0 radical (unpaired) electrons. The van der Waals surface area contributed by atoms with Gasteiger partial charge in [-0.05, 0) is 37.6 Å². The van der Waals surface area contributed by atoms with E-state index < -0.39 is 15.6 Å². The molecule has 96 valence electrons. The molecule has 1 rings (SSSR count). The van der Waals surface area contributed by atoms with Crippen molar-refractivity contribution in [1.29, 1.82) is 0 Å². The molecule has 0 aliphatic carbocycles. The van der Waals surface area contributed by atoms with Gasteiger partial charge in [0, 0.05) is 11.6 Å². The van der Waals surface area contributed by atoms with Gasteiger partial charge in [-0.15, -0.1) is 0 Å². The van der Waals surface area contributed by atoms with Crippen LogP contribution in [0.2, 0.25) is 5.02 Å². The van der Waals surface area contributed by atoms with E-state index in [4.69, 9.17) is 11.6 Å². The van der Waals surface area contributed by atoms with Gasteiger partial charge in [-0.1, -0.05) is 18.5 Å². The Balaban J connectivity index is 2.79. The van der Waals surface area contributed by atoms with Crippen molar-refractivity contribution in [3.05, 3.63) is 29.3 Å². The molecule has 0 aromatic heterocycles. The molecule has 1 aromatic rings. The second-order valence-electron chi connectivity index (χ2n) is 4.13. The lowest BCUT2D eigenvalue weighted by Gasteiger charge is -2.21. The summed E-state index contributed by atoms with van der Waals surface area (Å²) in [6.45, 7) is 3.35. The lowest BCUT2D eigenvalue weighted by atomic mass is 10.1. The van der Waals surface area contributed by atoms with Crippen LogP contribution in [0.5, 0.6) is 0 Å². The molecule has 6 heteroatoms. The van der Waals surface area contributed by atoms with Crippen LogP contribution in [0.1, 0.15) is 20.3 Å². The van der Waals surface area contributed by atoms with Crippen molar-refractivity contribution in [3.8, 4) is 0 Å². The number of sulfonamides is 1. The number of benzene rings is 1. The standard InChI is InChI=1S/C11H16ClNO3S/c1-3-11(2,14)8-13-17(15,16)10-6-4-9(12)5-7-10/h4-7,13-14H,3,8H2,1-2H3. The van der Waals surface area contributed by atoms with Gasteiger partial charge < -0.3 is 5.11 Å². The molecule has 1 aromatic carbocycles. The summed E-state index contributed by atoms with van der Waals surface area (Å²) in [5, 5.41) is 10.2. The first-order valence-corrected chi connectivity index (χ1v) is 7.10. The SMILES string of the molecule is CCC(C)(O)CNS(=O)(=O)c1ccc(Cl)cc1. The number of hydrogen-bond acceptors (Lipinski definition) is 3. The molecule has 4 nitrogen and oxygen atoms in total. The minimum absolute atomic E-state index is 0.0194. The van der Waals surface area contributed by atoms with E-state index in [1.165, 1.54) is 24.3 Å². The lowest BCUT2D eigenvalue weighted by Crippen LogP contribution is -2.39. The van der Waals surface area contributed by atoms with Gasteiger partial charge in [-0.2, -0.15) is 0 Å². The fourth-order valence-corrected chi connectivity index (χ4v) is 2.36. The number of rotatable bonds is 5. The third-order valence-electron chi connectivity index (χ3n) is 2.53. The second kappa shape index (κ2) is 5.35. The first-order valence-electron chi connectivity index (χ1n) is 5.24. The van der Waals surface area contributed by atoms with Crippen LogP contribution in [0.4, 0.5) is 0 Å². The van der Waals surface area contributed by atoms with E-state index in [-0.39, 0.29) is 11.4 Å². The molecular weight excluding hydrogens is 262 g/mol. The summed E-state index contributed by atoms with van der Waals surface area (Å²) in [6.07, 6.45) is 0.468. The lowest BCUT2D eigenvalue weighted by molar-refractivity contribution is 0.0613. The highest BCUT2D eigenvalue weighted by Crippen LogP contribution is 2.15. The number of aliphatic hydroxyl groups is 1. The second-order valence-corrected chi connectivity index (χ2v) is 6.33. The highest BCUT2D eigenvalue weighted by Gasteiger charge is 2.22. The predicted molar refractivity (Wildman–Crippen MR) is 67.6 cm³/mol. The van der Waals surface area contributed by atoms with Crippen molar-refractivity contribution >= 4 is 21.6 Å². The van der Waals surface area contributed by atoms with E-state index in [0.717, 1.165) is 0 Å². The van der Waals surface area contributed by atoms with E-state index >= 15 is 0 Å². The van der Waals surface area contributed by atoms with Crippen molar-refractivity contribution < 1.29 is 13.5 Å². The Hall–Kier alpha value is -0.620. The fourth-order valence-electron chi connectivity index (χ4n) is 1.07. The highest BCUT2D eigenvalue weighted by molar-refractivity contribution is 7.89. The molecule has 17 heavy (non-hydrogen) atoms. The van der Waals surface area contributed by atoms with Crippen molar-refractivity contribution in [1.82, 2.24) is 4.72 Å². The maximum Gasteiger partial charge on any atom is 0.240 e. The van der Waals surface area contributed by atoms with Gasteiger partial charge in [0.2, 0.25) is 10.0 Å². The monoisotopic (exact) mass is 277 g/mol. The minimum Gasteiger partial charge on any atom is -0.389 e. The van der Waals surface area contributed by atoms with Gasteiger partial charge in [0.1, 0.15) is 0 Å². The van der Waals surface area contributed by atoms with Crippen LogP contribution in [-0.2, 0) is 10.0 Å². The summed E-state index contributed by atoms with van der Waals surface area (Å²) in [7, 11) is -3.59. The first-order chi connectivity index (χ1) is 7.77. The third kappa shape index (κ3) is 4.27. The molecule has 0 amide bonds. The molecule has 1 atom stereocenters. The molecule has 0 heterocycles. The summed E-state index contributed by atoms with van der Waals surface area (Å²) in [4.78, 5) is 0.133. The summed E-state index contributed by atoms with van der Waals surface area (Å²) < 4.78 is 26.0. The number of hydrogen-bond donors (Lipinski definition) is 2. The Kier molecular flexibility index (Phi) is 4.55. The molecule has 0 saturated carbocycles. The maximum absolute atomic E-state index is 11.8. The topological polar surface area (TPSA) is 66.4 Å². The fraction of sp³-hybridized carbons (Fsp3) is 0.455. The normalized spacial score (nSPS) is 15.5. The Morgan fingerprint density at radius 1 is 1.35 bits per heavy atom. The van der Waals surface area contributed by atoms with Crippen LogP contribution in [0.15, 0.2) is 29.2 Å². The van der Waals surface area contributed by atoms with E-state index in [1.807, 2.05) is 0 Å². The number of halogens is 1. The van der Waals surface area contributed by atoms with Crippen molar-refractivity contribution in [2.45, 2.75) is 30.8 Å². The molecule has 0 aliphatic rings. The van der Waals surface area contributed by atoms with Gasteiger partial charge in [-0.25, -0.2) is 13.1 Å². The van der Waals surface area contributed by atoms with E-state index in [2.05, 4.69) is 4.72 Å². The first kappa shape index (κ1) is 14.4. The average Bonchev–Trinajstić information content (AvgIpc) is 2.27. The van der Waals surface area contributed by atoms with Crippen LogP contribution in [0.25, 0.3) is 0 Å². The van der Waals surface area contributed by atoms with Crippen LogP contribution >= 0.6 is 11.6 Å². The Morgan fingerprint density at radius 3 is 2.35 bits per heavy atom. The van der Waals surface area contributed by atoms with E-state index in [0.29, 0.717) is 11.4 Å². The molecular formula is C11H16ClNO3S. The van der Waals surface area contributed by atoms with Crippen molar-refractivity contribution in [2.75, 3.05) is 6.54 Å². The van der Waals surface area contributed by atoms with Gasteiger partial charge in [0.25, 0.3) is 0 Å². The molecule has 1 unspecified atom stereocenters. The van der Waals surface area contributed by atoms with Crippen LogP contribution in [0, 0.1) is 0 Å². The van der Waals surface area contributed by atoms with Crippen LogP contribution in [-0.4, -0.2) is 25.7 Å². The van der Waals surface area contributed by atoms with Crippen LogP contribution < -0.4 is 4.72 Å². The smallest absolute Gasteiger partial charge is 0.240 e. The third-order valence-corrected chi connectivity index (χ3v) is 4.20. The molecule has 0 bridgehead atoms. The average molecular weight is 278 g/mol. The molecule has 0 aliphatic heterocycles. The van der Waals surface area contributed by atoms with E-state index in [9.17, 15) is 13.5 Å². The van der Waals surface area contributed by atoms with E-state index in [1.54, 1.807) is 13.8 Å². The zero-order chi connectivity index (χ0) is 13.1. The molecule has 2 N–H and O–H groups in total. The summed E-state index contributed by atoms with van der Waals surface area (Å²) >= 11 is 5.68. The van der Waals surface area contributed by atoms with Crippen molar-refractivity contribution in [3.63, 3.8) is 0 Å². The Bertz CT molecular complexity index is 468. The van der Waals surface area contributed by atoms with Crippen LogP contribution in [0.3, 0.4) is 0 Å². The minimum atomic E-state index is -3.59. The predicted octanol–water partition coefficient (Wildman–Crippen LogP) is 1.78.